The fourth-order valence-electron chi connectivity index (χ4n) is 2.49. The summed E-state index contributed by atoms with van der Waals surface area (Å²) in [5.41, 5.74) is 4.14. The molecule has 1 fully saturated rings. The van der Waals surface area contributed by atoms with Gasteiger partial charge in [-0.25, -0.2) is 0 Å². The van der Waals surface area contributed by atoms with E-state index in [9.17, 15) is 8.42 Å². The Kier molecular flexibility index (Phi) is 6.03. The van der Waals surface area contributed by atoms with Gasteiger partial charge in [-0.2, -0.15) is 8.42 Å². The molecule has 1 aliphatic heterocycles. The van der Waals surface area contributed by atoms with E-state index >= 15 is 0 Å². The van der Waals surface area contributed by atoms with Crippen LogP contribution in [0.15, 0.2) is 53.4 Å². The molecule has 1 saturated heterocycles. The van der Waals surface area contributed by atoms with E-state index in [1.165, 1.54) is 23.3 Å². The Bertz CT molecular complexity index is 784. The first-order chi connectivity index (χ1) is 11.6. The maximum Gasteiger partial charge on any atom is 0.294 e. The zero-order valence-electron chi connectivity index (χ0n) is 15.3. The third kappa shape index (κ3) is 5.66. The Hall–Kier alpha value is -1.69. The smallest absolute Gasteiger partial charge is 0.294 e. The summed E-state index contributed by atoms with van der Waals surface area (Å²) >= 11 is 0. The Morgan fingerprint density at radius 3 is 1.84 bits per heavy atom. The van der Waals surface area contributed by atoms with Gasteiger partial charge in [-0.15, -0.1) is 0 Å². The monoisotopic (exact) mass is 361 g/mol. The number of hydrogen-bond acceptors (Lipinski definition) is 3. The summed E-state index contributed by atoms with van der Waals surface area (Å²) in [6.45, 7) is 10.9. The number of nitrogens with one attached hydrogen (secondary N) is 1. The second kappa shape index (κ2) is 7.68. The Morgan fingerprint density at radius 1 is 0.960 bits per heavy atom. The topological polar surface area (TPSA) is 66.4 Å². The average Bonchev–Trinajstić information content (AvgIpc) is 2.45. The third-order valence-corrected chi connectivity index (χ3v) is 5.22. The standard InChI is InChI=1S/C13H19N.C7H8O3S/c1-13(2,3)12-6-4-10(5-7-12)11-8-14-9-11;1-6-2-4-7(5-3-6)11(8,9)10/h4-7,11,14H,8-9H2,1-3H3;2-5H,1H3,(H,8,9,10). The molecule has 4 nitrogen and oxygen atoms in total. The van der Waals surface area contributed by atoms with Gasteiger partial charge in [0.2, 0.25) is 0 Å². The van der Waals surface area contributed by atoms with Crippen LogP contribution in [0.3, 0.4) is 0 Å². The van der Waals surface area contributed by atoms with E-state index < -0.39 is 10.1 Å². The van der Waals surface area contributed by atoms with Crippen LogP contribution in [0.4, 0.5) is 0 Å². The van der Waals surface area contributed by atoms with Crippen LogP contribution in [0.1, 0.15) is 43.4 Å². The molecule has 0 radical (unpaired) electrons. The molecule has 0 atom stereocenters. The van der Waals surface area contributed by atoms with Crippen LogP contribution < -0.4 is 5.32 Å². The van der Waals surface area contributed by atoms with Gasteiger partial charge >= 0.3 is 0 Å². The summed E-state index contributed by atoms with van der Waals surface area (Å²) in [5.74, 6) is 0.754. The van der Waals surface area contributed by atoms with Crippen LogP contribution in [-0.4, -0.2) is 26.1 Å². The van der Waals surface area contributed by atoms with Crippen LogP contribution >= 0.6 is 0 Å². The van der Waals surface area contributed by atoms with Crippen molar-refractivity contribution in [1.29, 1.82) is 0 Å². The van der Waals surface area contributed by atoms with Gasteiger partial charge in [0, 0.05) is 19.0 Å². The van der Waals surface area contributed by atoms with Gasteiger partial charge < -0.3 is 5.32 Å². The largest absolute Gasteiger partial charge is 0.315 e. The second-order valence-electron chi connectivity index (χ2n) is 7.52. The van der Waals surface area contributed by atoms with Crippen molar-refractivity contribution in [2.45, 2.75) is 43.9 Å². The Balaban J connectivity index is 0.000000186. The van der Waals surface area contributed by atoms with Crippen molar-refractivity contribution in [1.82, 2.24) is 5.32 Å². The first kappa shape index (κ1) is 19.6. The van der Waals surface area contributed by atoms with E-state index in [0.717, 1.165) is 24.6 Å². The van der Waals surface area contributed by atoms with Crippen LogP contribution in [0, 0.1) is 6.92 Å². The quantitative estimate of drug-likeness (QED) is 0.796. The zero-order chi connectivity index (χ0) is 18.7. The van der Waals surface area contributed by atoms with Crippen molar-refractivity contribution in [3.63, 3.8) is 0 Å². The first-order valence-corrected chi connectivity index (χ1v) is 9.87. The Labute approximate surface area is 151 Å². The molecule has 0 saturated carbocycles. The highest BCUT2D eigenvalue weighted by Gasteiger charge is 2.19. The minimum atomic E-state index is -4.02. The normalized spacial score (nSPS) is 15.1. The number of benzene rings is 2. The molecule has 136 valence electrons. The maximum absolute atomic E-state index is 10.5. The minimum Gasteiger partial charge on any atom is -0.315 e. The van der Waals surface area contributed by atoms with E-state index in [4.69, 9.17) is 4.55 Å². The molecule has 0 spiro atoms. The Morgan fingerprint density at radius 2 is 1.48 bits per heavy atom. The lowest BCUT2D eigenvalue weighted by Gasteiger charge is -2.28. The molecule has 0 aromatic heterocycles. The van der Waals surface area contributed by atoms with Gasteiger partial charge in [-0.05, 0) is 35.6 Å². The van der Waals surface area contributed by atoms with Gasteiger partial charge in [0.1, 0.15) is 0 Å². The molecule has 25 heavy (non-hydrogen) atoms. The lowest BCUT2D eigenvalue weighted by molar-refractivity contribution is 0.448. The first-order valence-electron chi connectivity index (χ1n) is 8.43. The second-order valence-corrected chi connectivity index (χ2v) is 8.94. The lowest BCUT2D eigenvalue weighted by Crippen LogP contribution is -2.39. The predicted molar refractivity (Wildman–Crippen MR) is 102 cm³/mol. The fraction of sp³-hybridized carbons (Fsp3) is 0.400. The van der Waals surface area contributed by atoms with Gasteiger partial charge in [0.05, 0.1) is 4.90 Å². The lowest BCUT2D eigenvalue weighted by atomic mass is 9.85. The SMILES string of the molecule is CC(C)(C)c1ccc(C2CNC2)cc1.Cc1ccc(S(=O)(=O)O)cc1. The minimum absolute atomic E-state index is 0.0666. The molecule has 1 heterocycles. The summed E-state index contributed by atoms with van der Waals surface area (Å²) in [6.07, 6.45) is 0. The van der Waals surface area contributed by atoms with E-state index in [-0.39, 0.29) is 10.3 Å². The average molecular weight is 362 g/mol. The number of rotatable bonds is 2. The zero-order valence-corrected chi connectivity index (χ0v) is 16.1. The van der Waals surface area contributed by atoms with Gasteiger partial charge in [-0.1, -0.05) is 62.7 Å². The summed E-state index contributed by atoms with van der Waals surface area (Å²) in [4.78, 5) is -0.0666. The van der Waals surface area contributed by atoms with Crippen molar-refractivity contribution in [2.24, 2.45) is 0 Å². The molecular formula is C20H27NO3S. The van der Waals surface area contributed by atoms with E-state index in [0.29, 0.717) is 0 Å². The van der Waals surface area contributed by atoms with E-state index in [1.807, 2.05) is 6.92 Å². The summed E-state index contributed by atoms with van der Waals surface area (Å²) in [5, 5.41) is 3.30. The van der Waals surface area contributed by atoms with E-state index in [1.54, 1.807) is 12.1 Å². The van der Waals surface area contributed by atoms with Crippen LogP contribution in [0.5, 0.6) is 0 Å². The van der Waals surface area contributed by atoms with Gasteiger partial charge in [0.15, 0.2) is 0 Å². The molecule has 0 bridgehead atoms. The van der Waals surface area contributed by atoms with Crippen LogP contribution in [-0.2, 0) is 15.5 Å². The summed E-state index contributed by atoms with van der Waals surface area (Å²) in [6, 6.07) is 15.1. The molecule has 5 heteroatoms. The van der Waals surface area contributed by atoms with Crippen molar-refractivity contribution in [3.05, 3.63) is 65.2 Å². The van der Waals surface area contributed by atoms with Crippen LogP contribution in [0.25, 0.3) is 0 Å². The van der Waals surface area contributed by atoms with Gasteiger partial charge in [0.25, 0.3) is 10.1 Å². The third-order valence-electron chi connectivity index (χ3n) is 4.35. The highest BCUT2D eigenvalue weighted by atomic mass is 32.2. The molecule has 0 amide bonds. The molecular weight excluding hydrogens is 334 g/mol. The number of hydrogen-bond donors (Lipinski definition) is 2. The molecule has 0 aliphatic carbocycles. The molecule has 2 aromatic rings. The molecule has 1 aliphatic rings. The van der Waals surface area contributed by atoms with Crippen molar-refractivity contribution in [2.75, 3.05) is 13.1 Å². The van der Waals surface area contributed by atoms with E-state index in [2.05, 4.69) is 50.4 Å². The molecule has 3 rings (SSSR count). The molecule has 0 unspecified atom stereocenters. The van der Waals surface area contributed by atoms with Crippen molar-refractivity contribution >= 4 is 10.1 Å². The highest BCUT2D eigenvalue weighted by Crippen LogP contribution is 2.25. The van der Waals surface area contributed by atoms with Crippen molar-refractivity contribution < 1.29 is 13.0 Å². The number of aryl methyl sites for hydroxylation is 1. The molecule has 2 aromatic carbocycles. The van der Waals surface area contributed by atoms with Crippen molar-refractivity contribution in [3.8, 4) is 0 Å². The van der Waals surface area contributed by atoms with Gasteiger partial charge in [-0.3, -0.25) is 4.55 Å². The fourth-order valence-corrected chi connectivity index (χ4v) is 2.97. The predicted octanol–water partition coefficient (Wildman–Crippen LogP) is 3.91. The highest BCUT2D eigenvalue weighted by molar-refractivity contribution is 7.85. The molecule has 2 N–H and O–H groups in total. The maximum atomic E-state index is 10.5. The van der Waals surface area contributed by atoms with Crippen LogP contribution in [0.2, 0.25) is 0 Å². The summed E-state index contributed by atoms with van der Waals surface area (Å²) < 4.78 is 29.6. The summed E-state index contributed by atoms with van der Waals surface area (Å²) in [7, 11) is -4.02.